The fraction of sp³-hybridized carbons (Fsp3) is 0.500. The summed E-state index contributed by atoms with van der Waals surface area (Å²) in [6.45, 7) is 5.02. The van der Waals surface area contributed by atoms with Crippen LogP contribution in [0.5, 0.6) is 0 Å². The van der Waals surface area contributed by atoms with Crippen LogP contribution in [0.2, 0.25) is 5.02 Å². The normalized spacial score (nSPS) is 15.7. The number of halogens is 1. The molecule has 0 unspecified atom stereocenters. The van der Waals surface area contributed by atoms with Gasteiger partial charge < -0.3 is 19.8 Å². The highest BCUT2D eigenvalue weighted by atomic mass is 35.5. The molecule has 0 amide bonds. The van der Waals surface area contributed by atoms with Crippen molar-refractivity contribution in [3.8, 4) is 0 Å². The van der Waals surface area contributed by atoms with Gasteiger partial charge >= 0.3 is 0 Å². The van der Waals surface area contributed by atoms with E-state index in [1.54, 1.807) is 0 Å². The lowest BCUT2D eigenvalue weighted by Gasteiger charge is -2.17. The Labute approximate surface area is 166 Å². The largest absolute Gasteiger partial charge is 0.545 e. The van der Waals surface area contributed by atoms with E-state index >= 15 is 0 Å². The summed E-state index contributed by atoms with van der Waals surface area (Å²) in [6.07, 6.45) is 7.44. The Bertz CT molecular complexity index is 805. The number of rotatable bonds is 6. The molecule has 0 radical (unpaired) electrons. The number of nitrogens with zero attached hydrogens (tertiary/aromatic N) is 1. The fourth-order valence-electron chi connectivity index (χ4n) is 4.22. The minimum absolute atomic E-state index is 0.329. The number of carboxylic acid groups (broad SMARTS) is 1. The Balaban J connectivity index is 1.85. The maximum Gasteiger partial charge on any atom is 0.0736 e. The van der Waals surface area contributed by atoms with E-state index in [1.165, 1.54) is 38.5 Å². The molecule has 1 fully saturated rings. The molecule has 1 aliphatic rings. The zero-order valence-corrected chi connectivity index (χ0v) is 16.9. The van der Waals surface area contributed by atoms with E-state index in [0.717, 1.165) is 22.5 Å². The topological polar surface area (TPSA) is 57.1 Å². The number of carboxylic acids is 1. The first-order valence-corrected chi connectivity index (χ1v) is 10.2. The summed E-state index contributed by atoms with van der Waals surface area (Å²) in [5.41, 5.74) is 3.95. The van der Waals surface area contributed by atoms with Crippen molar-refractivity contribution in [2.75, 3.05) is 0 Å². The van der Waals surface area contributed by atoms with Crippen molar-refractivity contribution in [3.05, 3.63) is 57.4 Å². The molecule has 1 aromatic carbocycles. The number of hydrogen-bond donors (Lipinski definition) is 1. The second kappa shape index (κ2) is 8.94. The number of aromatic carboxylic acids is 1. The van der Waals surface area contributed by atoms with Crippen LogP contribution in [0.3, 0.4) is 0 Å². The van der Waals surface area contributed by atoms with Gasteiger partial charge in [0.1, 0.15) is 0 Å². The Morgan fingerprint density at radius 1 is 1.19 bits per heavy atom. The molecule has 27 heavy (non-hydrogen) atoms. The van der Waals surface area contributed by atoms with Gasteiger partial charge in [0.05, 0.1) is 5.97 Å². The fourth-order valence-corrected chi connectivity index (χ4v) is 4.43. The van der Waals surface area contributed by atoms with E-state index in [0.29, 0.717) is 29.7 Å². The molecule has 0 spiro atoms. The minimum Gasteiger partial charge on any atom is -0.545 e. The number of hydrogen-bond acceptors (Lipinski definition) is 3. The second-order valence-corrected chi connectivity index (χ2v) is 8.03. The van der Waals surface area contributed by atoms with E-state index in [4.69, 9.17) is 11.6 Å². The molecule has 1 heterocycles. The Kier molecular flexibility index (Phi) is 6.61. The molecule has 0 atom stereocenters. The first-order chi connectivity index (χ1) is 13.0. The van der Waals surface area contributed by atoms with E-state index in [1.807, 2.05) is 38.1 Å². The standard InChI is InChI=1S/C22H29ClN2O2/c1-15-20(13-24-19-10-5-3-4-6-11-19)21(22(26)27)16(2)25(15)14-17-8-7-9-18(23)12-17/h7-9,12,19,24H,3-6,10-11,13-14H2,1-2H3,(H,26,27)/p-1. The lowest BCUT2D eigenvalue weighted by molar-refractivity contribution is -0.255. The zero-order valence-electron chi connectivity index (χ0n) is 16.2. The minimum atomic E-state index is -1.10. The number of benzene rings is 1. The average molecular weight is 388 g/mol. The highest BCUT2D eigenvalue weighted by Crippen LogP contribution is 2.25. The van der Waals surface area contributed by atoms with Crippen molar-refractivity contribution in [1.29, 1.82) is 0 Å². The first-order valence-electron chi connectivity index (χ1n) is 9.85. The van der Waals surface area contributed by atoms with Crippen LogP contribution in [0.1, 0.15) is 71.4 Å². The third kappa shape index (κ3) is 4.74. The smallest absolute Gasteiger partial charge is 0.0736 e. The molecule has 5 heteroatoms. The van der Waals surface area contributed by atoms with Crippen molar-refractivity contribution in [2.24, 2.45) is 0 Å². The molecule has 146 valence electrons. The lowest BCUT2D eigenvalue weighted by atomic mass is 10.1. The molecule has 3 rings (SSSR count). The maximum absolute atomic E-state index is 11.8. The molecule has 0 aliphatic heterocycles. The van der Waals surface area contributed by atoms with Gasteiger partial charge in [-0.2, -0.15) is 0 Å². The van der Waals surface area contributed by atoms with Gasteiger partial charge in [-0.3, -0.25) is 0 Å². The molecule has 0 bridgehead atoms. The summed E-state index contributed by atoms with van der Waals surface area (Å²) < 4.78 is 2.06. The SMILES string of the molecule is Cc1c(CNC2CCCCCC2)c(C(=O)[O-])c(C)n1Cc1cccc(Cl)c1. The number of carbonyl (C=O) groups excluding carboxylic acids is 1. The molecular formula is C22H28ClN2O2-. The molecular weight excluding hydrogens is 360 g/mol. The van der Waals surface area contributed by atoms with Gasteiger partial charge in [-0.25, -0.2) is 0 Å². The van der Waals surface area contributed by atoms with Crippen LogP contribution in [0.15, 0.2) is 24.3 Å². The quantitative estimate of drug-likeness (QED) is 0.762. The molecule has 4 nitrogen and oxygen atoms in total. The number of nitrogens with one attached hydrogen (secondary N) is 1. The van der Waals surface area contributed by atoms with Crippen LogP contribution < -0.4 is 10.4 Å². The molecule has 1 N–H and O–H groups in total. The van der Waals surface area contributed by atoms with Gasteiger partial charge in [-0.1, -0.05) is 49.4 Å². The van der Waals surface area contributed by atoms with Gasteiger partial charge in [0.25, 0.3) is 0 Å². The Hall–Kier alpha value is -1.78. The lowest BCUT2D eigenvalue weighted by Crippen LogP contribution is -2.30. The second-order valence-electron chi connectivity index (χ2n) is 7.60. The predicted molar refractivity (Wildman–Crippen MR) is 107 cm³/mol. The van der Waals surface area contributed by atoms with Crippen LogP contribution in [-0.2, 0) is 13.1 Å². The van der Waals surface area contributed by atoms with Gasteiger partial charge in [-0.15, -0.1) is 0 Å². The van der Waals surface area contributed by atoms with E-state index in [2.05, 4.69) is 9.88 Å². The van der Waals surface area contributed by atoms with Gasteiger partial charge in [0.15, 0.2) is 0 Å². The van der Waals surface area contributed by atoms with E-state index in [9.17, 15) is 9.90 Å². The average Bonchev–Trinajstić information content (AvgIpc) is 2.81. The zero-order chi connectivity index (χ0) is 19.4. The van der Waals surface area contributed by atoms with Crippen molar-refractivity contribution >= 4 is 17.6 Å². The summed E-state index contributed by atoms with van der Waals surface area (Å²) in [7, 11) is 0. The highest BCUT2D eigenvalue weighted by Gasteiger charge is 2.20. The van der Waals surface area contributed by atoms with Crippen LogP contribution in [0, 0.1) is 13.8 Å². The van der Waals surface area contributed by atoms with E-state index in [-0.39, 0.29) is 0 Å². The van der Waals surface area contributed by atoms with Crippen molar-refractivity contribution in [3.63, 3.8) is 0 Å². The summed E-state index contributed by atoms with van der Waals surface area (Å²) in [5, 5.41) is 16.1. The van der Waals surface area contributed by atoms with Crippen LogP contribution in [0.25, 0.3) is 0 Å². The third-order valence-electron chi connectivity index (χ3n) is 5.77. The highest BCUT2D eigenvalue weighted by molar-refractivity contribution is 6.30. The maximum atomic E-state index is 11.8. The molecule has 2 aromatic rings. The van der Waals surface area contributed by atoms with Gasteiger partial charge in [0.2, 0.25) is 0 Å². The summed E-state index contributed by atoms with van der Waals surface area (Å²) in [5.74, 6) is -1.10. The molecule has 0 saturated heterocycles. The third-order valence-corrected chi connectivity index (χ3v) is 6.00. The van der Waals surface area contributed by atoms with Crippen molar-refractivity contribution in [2.45, 2.75) is 71.5 Å². The van der Waals surface area contributed by atoms with E-state index < -0.39 is 5.97 Å². The van der Waals surface area contributed by atoms with Crippen molar-refractivity contribution in [1.82, 2.24) is 9.88 Å². The number of carbonyl (C=O) groups is 1. The predicted octanol–water partition coefficient (Wildman–Crippen LogP) is 3.98. The Morgan fingerprint density at radius 3 is 2.52 bits per heavy atom. The first kappa shape index (κ1) is 20.0. The van der Waals surface area contributed by atoms with Gasteiger partial charge in [0, 0.05) is 41.1 Å². The summed E-state index contributed by atoms with van der Waals surface area (Å²) in [4.78, 5) is 11.8. The monoisotopic (exact) mass is 387 g/mol. The van der Waals surface area contributed by atoms with Crippen LogP contribution in [-0.4, -0.2) is 16.6 Å². The van der Waals surface area contributed by atoms with Crippen molar-refractivity contribution < 1.29 is 9.90 Å². The van der Waals surface area contributed by atoms with Crippen LogP contribution in [0.4, 0.5) is 0 Å². The summed E-state index contributed by atoms with van der Waals surface area (Å²) in [6, 6.07) is 8.16. The molecule has 1 aliphatic carbocycles. The van der Waals surface area contributed by atoms with Crippen LogP contribution >= 0.6 is 11.6 Å². The Morgan fingerprint density at radius 2 is 1.89 bits per heavy atom. The molecule has 1 saturated carbocycles. The van der Waals surface area contributed by atoms with Gasteiger partial charge in [-0.05, 0) is 49.9 Å². The molecule has 1 aromatic heterocycles. The number of aromatic nitrogens is 1. The summed E-state index contributed by atoms with van der Waals surface area (Å²) >= 11 is 6.10.